The molecule has 0 spiro atoms. The van der Waals surface area contributed by atoms with Gasteiger partial charge in [-0.25, -0.2) is 4.98 Å². The molecule has 3 aliphatic carbocycles. The van der Waals surface area contributed by atoms with Crippen molar-refractivity contribution in [3.63, 3.8) is 0 Å². The number of hydrogen-bond acceptors (Lipinski definition) is 7. The second-order valence-corrected chi connectivity index (χ2v) is 12.3. The second-order valence-electron chi connectivity index (χ2n) is 11.1. The summed E-state index contributed by atoms with van der Waals surface area (Å²) in [5, 5.41) is 33.1. The predicted octanol–water partition coefficient (Wildman–Crippen LogP) is 5.71. The molecule has 2 aromatic heterocycles. The Hall–Kier alpha value is -3.27. The molecule has 3 aliphatic rings. The highest BCUT2D eigenvalue weighted by molar-refractivity contribution is 7.15. The molecule has 1 fully saturated rings. The predicted molar refractivity (Wildman–Crippen MR) is 140 cm³/mol. The molecule has 3 aromatic rings. The Balaban J connectivity index is 1.25. The summed E-state index contributed by atoms with van der Waals surface area (Å²) in [4.78, 5) is 28.9. The largest absolute Gasteiger partial charge is 0.502 e. The molecule has 1 amide bonds. The van der Waals surface area contributed by atoms with Gasteiger partial charge in [0.2, 0.25) is 5.91 Å². The van der Waals surface area contributed by atoms with Crippen molar-refractivity contribution >= 4 is 28.1 Å². The fourth-order valence-corrected chi connectivity index (χ4v) is 8.34. The van der Waals surface area contributed by atoms with Crippen molar-refractivity contribution in [3.05, 3.63) is 61.9 Å². The number of nitrogens with zero attached hydrogens (tertiary/aromatic N) is 3. The number of aromatic nitrogens is 3. The summed E-state index contributed by atoms with van der Waals surface area (Å²) in [6, 6.07) is 3.23. The van der Waals surface area contributed by atoms with Crippen LogP contribution >= 0.6 is 11.3 Å². The zero-order valence-electron chi connectivity index (χ0n) is 21.0. The molecule has 9 nitrogen and oxygen atoms in total. The van der Waals surface area contributed by atoms with E-state index in [4.69, 9.17) is 5.10 Å². The van der Waals surface area contributed by atoms with E-state index in [1.54, 1.807) is 18.3 Å². The topological polar surface area (TPSA) is 134 Å². The first-order chi connectivity index (χ1) is 17.8. The molecule has 194 valence electrons. The zero-order chi connectivity index (χ0) is 25.9. The van der Waals surface area contributed by atoms with Crippen LogP contribution in [0.1, 0.15) is 84.5 Å². The minimum Gasteiger partial charge on any atom is -0.502 e. The van der Waals surface area contributed by atoms with Crippen LogP contribution < -0.4 is 5.32 Å². The number of carbonyl (C=O) groups excluding carboxylic acids is 1. The Kier molecular flexibility index (Phi) is 5.82. The summed E-state index contributed by atoms with van der Waals surface area (Å²) in [6.07, 6.45) is 9.60. The molecule has 2 heterocycles. The number of aromatic hydroxyl groups is 1. The highest BCUT2D eigenvalue weighted by Gasteiger charge is 2.58. The summed E-state index contributed by atoms with van der Waals surface area (Å²) in [7, 11) is 0. The van der Waals surface area contributed by atoms with Crippen molar-refractivity contribution in [1.82, 2.24) is 15.2 Å². The minimum atomic E-state index is -0.488. The van der Waals surface area contributed by atoms with Gasteiger partial charge in [0.1, 0.15) is 0 Å². The number of hydrogen-bond donors (Lipinski definition) is 3. The van der Waals surface area contributed by atoms with Gasteiger partial charge in [-0.15, -0.1) is 11.3 Å². The number of aryl methyl sites for hydroxylation is 2. The van der Waals surface area contributed by atoms with Crippen LogP contribution in [0.15, 0.2) is 24.5 Å². The molecule has 10 heteroatoms. The highest BCUT2D eigenvalue weighted by Crippen LogP contribution is 2.64. The Labute approximate surface area is 218 Å². The summed E-state index contributed by atoms with van der Waals surface area (Å²) >= 11 is 1.48. The van der Waals surface area contributed by atoms with Gasteiger partial charge in [0, 0.05) is 35.2 Å². The van der Waals surface area contributed by atoms with Gasteiger partial charge in [-0.1, -0.05) is 6.92 Å². The third-order valence-corrected chi connectivity index (χ3v) is 9.93. The van der Waals surface area contributed by atoms with Gasteiger partial charge in [-0.3, -0.25) is 20.0 Å². The molecule has 3 unspecified atom stereocenters. The number of benzene rings is 1. The number of fused-ring (bicyclic) bond motifs is 7. The van der Waals surface area contributed by atoms with Gasteiger partial charge in [-0.05, 0) is 91.9 Å². The number of nitrogens with one attached hydrogen (secondary N) is 2. The number of rotatable bonds is 6. The van der Waals surface area contributed by atoms with E-state index < -0.39 is 4.92 Å². The molecular weight excluding hydrogens is 490 g/mol. The molecule has 3 N–H and O–H groups in total. The van der Waals surface area contributed by atoms with Gasteiger partial charge in [0.05, 0.1) is 10.6 Å². The van der Waals surface area contributed by atoms with Crippen molar-refractivity contribution in [2.45, 2.75) is 76.0 Å². The van der Waals surface area contributed by atoms with E-state index in [0.717, 1.165) is 60.2 Å². The number of phenols is 1. The lowest BCUT2D eigenvalue weighted by Crippen LogP contribution is -2.44. The Bertz CT molecular complexity index is 1380. The zero-order valence-corrected chi connectivity index (χ0v) is 21.8. The molecular formula is C27H31N5O4S. The van der Waals surface area contributed by atoms with Crippen LogP contribution in [0.5, 0.6) is 5.75 Å². The van der Waals surface area contributed by atoms with E-state index in [-0.39, 0.29) is 34.6 Å². The monoisotopic (exact) mass is 521 g/mol. The van der Waals surface area contributed by atoms with Crippen molar-refractivity contribution in [1.29, 1.82) is 0 Å². The SMILES string of the molecule is Cc1cnc(NC(=O)CCC[C@@H]2c3c[nH]nc3[C@@]3(C)CCC4c5cc([N+](=O)[O-])c(O)cc5CCC4C23)s1. The number of aromatic amines is 1. The molecule has 0 saturated heterocycles. The van der Waals surface area contributed by atoms with Crippen LogP contribution in [0.4, 0.5) is 10.8 Å². The third-order valence-electron chi connectivity index (χ3n) is 9.10. The summed E-state index contributed by atoms with van der Waals surface area (Å²) in [5.41, 5.74) is 4.24. The Morgan fingerprint density at radius 3 is 2.95 bits per heavy atom. The average molecular weight is 522 g/mol. The number of amides is 1. The van der Waals surface area contributed by atoms with Crippen LogP contribution in [0.3, 0.4) is 0 Å². The fourth-order valence-electron chi connectivity index (χ4n) is 7.66. The number of thiazole rings is 1. The minimum absolute atomic E-state index is 0.0113. The van der Waals surface area contributed by atoms with Crippen LogP contribution in [0.25, 0.3) is 0 Å². The van der Waals surface area contributed by atoms with Gasteiger partial charge >= 0.3 is 5.69 Å². The molecule has 1 saturated carbocycles. The summed E-state index contributed by atoms with van der Waals surface area (Å²) in [6.45, 7) is 4.30. The highest BCUT2D eigenvalue weighted by atomic mass is 32.1. The van der Waals surface area contributed by atoms with E-state index in [0.29, 0.717) is 23.4 Å². The van der Waals surface area contributed by atoms with Gasteiger partial charge in [0.15, 0.2) is 10.9 Å². The first-order valence-corrected chi connectivity index (χ1v) is 13.8. The van der Waals surface area contributed by atoms with Crippen molar-refractivity contribution < 1.29 is 14.8 Å². The van der Waals surface area contributed by atoms with E-state index in [9.17, 15) is 20.0 Å². The Morgan fingerprint density at radius 1 is 1.35 bits per heavy atom. The molecule has 5 atom stereocenters. The molecule has 37 heavy (non-hydrogen) atoms. The third kappa shape index (κ3) is 3.93. The summed E-state index contributed by atoms with van der Waals surface area (Å²) in [5.74, 6) is 1.00. The van der Waals surface area contributed by atoms with Gasteiger partial charge < -0.3 is 10.4 Å². The maximum atomic E-state index is 12.6. The average Bonchev–Trinajstić information content (AvgIpc) is 3.55. The standard InChI is InChI=1S/C27H31N5O4S/c1-14-12-28-26(37-14)30-23(34)5-3-4-17-20-13-29-31-25(20)27(2)9-8-16-18(24(17)27)7-6-15-10-22(33)21(32(35)36)11-19(15)16/h10-13,16-18,24,33H,3-9H2,1-2H3,(H,29,31)(H,28,30,34)/t16?,17-,18?,24?,27+/m1/s1. The van der Waals surface area contributed by atoms with Gasteiger partial charge in [0.25, 0.3) is 0 Å². The smallest absolute Gasteiger partial charge is 0.310 e. The lowest BCUT2D eigenvalue weighted by molar-refractivity contribution is -0.386. The molecule has 1 aromatic carbocycles. The number of nitro benzene ring substituents is 1. The molecule has 0 radical (unpaired) electrons. The Morgan fingerprint density at radius 2 is 2.19 bits per heavy atom. The van der Waals surface area contributed by atoms with Gasteiger partial charge in [-0.2, -0.15) is 5.10 Å². The first-order valence-electron chi connectivity index (χ1n) is 13.0. The van der Waals surface area contributed by atoms with Crippen molar-refractivity contribution in [2.75, 3.05) is 5.32 Å². The number of phenolic OH excluding ortho intramolecular Hbond substituents is 1. The van der Waals surface area contributed by atoms with E-state index in [1.165, 1.54) is 16.9 Å². The van der Waals surface area contributed by atoms with E-state index >= 15 is 0 Å². The van der Waals surface area contributed by atoms with E-state index in [2.05, 4.69) is 22.3 Å². The molecule has 0 bridgehead atoms. The van der Waals surface area contributed by atoms with Crippen molar-refractivity contribution in [2.24, 2.45) is 11.8 Å². The van der Waals surface area contributed by atoms with Crippen LogP contribution in [0, 0.1) is 28.9 Å². The normalized spacial score (nSPS) is 27.6. The van der Waals surface area contributed by atoms with E-state index in [1.807, 2.05) is 13.1 Å². The van der Waals surface area contributed by atoms with Crippen molar-refractivity contribution in [3.8, 4) is 5.75 Å². The maximum absolute atomic E-state index is 12.6. The lowest BCUT2D eigenvalue weighted by Gasteiger charge is -2.50. The van der Waals surface area contributed by atoms with Crippen LogP contribution in [-0.4, -0.2) is 31.1 Å². The van der Waals surface area contributed by atoms with Crippen LogP contribution in [0.2, 0.25) is 0 Å². The maximum Gasteiger partial charge on any atom is 0.310 e. The number of anilines is 1. The fraction of sp³-hybridized carbons (Fsp3) is 0.519. The first kappa shape index (κ1) is 24.1. The quantitative estimate of drug-likeness (QED) is 0.281. The molecule has 6 rings (SSSR count). The number of carbonyl (C=O) groups is 1. The van der Waals surface area contributed by atoms with Crippen LogP contribution in [-0.2, 0) is 16.6 Å². The summed E-state index contributed by atoms with van der Waals surface area (Å²) < 4.78 is 0. The number of H-pyrrole nitrogens is 1. The number of nitro groups is 1. The second kappa shape index (κ2) is 8.93. The molecule has 0 aliphatic heterocycles. The lowest BCUT2D eigenvalue weighted by atomic mass is 9.53.